The fourth-order valence-corrected chi connectivity index (χ4v) is 1.13. The Hall–Kier alpha value is -1.55. The van der Waals surface area contributed by atoms with Gasteiger partial charge in [-0.1, -0.05) is 28.9 Å². The Morgan fingerprint density at radius 2 is 2.29 bits per heavy atom. The lowest BCUT2D eigenvalue weighted by Crippen LogP contribution is -2.14. The lowest BCUT2D eigenvalue weighted by molar-refractivity contribution is -0.129. The maximum absolute atomic E-state index is 10.7. The Balaban J connectivity index is 3.12. The van der Waals surface area contributed by atoms with Gasteiger partial charge in [-0.05, 0) is 12.1 Å². The van der Waals surface area contributed by atoms with E-state index in [1.807, 2.05) is 0 Å². The zero-order chi connectivity index (χ0) is 10.6. The summed E-state index contributed by atoms with van der Waals surface area (Å²) in [6, 6.07) is 6.40. The zero-order valence-electron chi connectivity index (χ0n) is 7.40. The highest BCUT2D eigenvalue weighted by Crippen LogP contribution is 2.11. The summed E-state index contributed by atoms with van der Waals surface area (Å²) in [5.41, 5.74) is 0.238. The molecule has 4 nitrogen and oxygen atoms in total. The summed E-state index contributed by atoms with van der Waals surface area (Å²) in [7, 11) is 1.29. The summed E-state index contributed by atoms with van der Waals surface area (Å²) in [5, 5.41) is 12.6. The van der Waals surface area contributed by atoms with Crippen LogP contribution in [0.2, 0.25) is 5.02 Å². The van der Waals surface area contributed by atoms with Gasteiger partial charge in [0.15, 0.2) is 5.71 Å². The molecule has 0 aromatic heterocycles. The second-order valence-electron chi connectivity index (χ2n) is 2.44. The van der Waals surface area contributed by atoms with E-state index in [0.717, 1.165) is 0 Å². The number of oxime groups is 1. The summed E-state index contributed by atoms with van der Waals surface area (Å²) in [4.78, 5) is 15.2. The lowest BCUT2D eigenvalue weighted by atomic mass is 10.1. The van der Waals surface area contributed by atoms with Crippen LogP contribution < -0.4 is 0 Å². The van der Waals surface area contributed by atoms with Crippen molar-refractivity contribution in [2.24, 2.45) is 5.16 Å². The first-order valence-electron chi connectivity index (χ1n) is 3.75. The molecule has 0 amide bonds. The van der Waals surface area contributed by atoms with Crippen LogP contribution in [-0.2, 0) is 9.63 Å². The van der Waals surface area contributed by atoms with Crippen molar-refractivity contribution in [1.29, 1.82) is 0 Å². The molecule has 1 rings (SSSR count). The number of benzene rings is 1. The number of nitrogens with zero attached hydrogens (tertiary/aromatic N) is 1. The van der Waals surface area contributed by atoms with E-state index in [0.29, 0.717) is 10.6 Å². The second kappa shape index (κ2) is 4.62. The molecule has 0 bridgehead atoms. The molecule has 5 heteroatoms. The van der Waals surface area contributed by atoms with Crippen LogP contribution >= 0.6 is 11.6 Å². The molecular weight excluding hydrogens is 206 g/mol. The third-order valence-corrected chi connectivity index (χ3v) is 1.72. The summed E-state index contributed by atoms with van der Waals surface area (Å²) in [5.74, 6) is -1.16. The smallest absolute Gasteiger partial charge is 0.358 e. The van der Waals surface area contributed by atoms with Gasteiger partial charge < -0.3 is 9.94 Å². The van der Waals surface area contributed by atoms with Crippen LogP contribution in [0, 0.1) is 0 Å². The first-order valence-corrected chi connectivity index (χ1v) is 4.13. The van der Waals surface area contributed by atoms with Crippen LogP contribution in [0.25, 0.3) is 0 Å². The zero-order valence-corrected chi connectivity index (χ0v) is 8.15. The molecular formula is C9H8ClNO3. The molecule has 0 aliphatic rings. The van der Waals surface area contributed by atoms with Gasteiger partial charge in [-0.25, -0.2) is 4.79 Å². The molecule has 0 heterocycles. The number of carboxylic acids is 1. The monoisotopic (exact) mass is 213 g/mol. The van der Waals surface area contributed by atoms with Gasteiger partial charge in [0.25, 0.3) is 0 Å². The van der Waals surface area contributed by atoms with E-state index >= 15 is 0 Å². The van der Waals surface area contributed by atoms with Crippen LogP contribution in [0.5, 0.6) is 0 Å². The van der Waals surface area contributed by atoms with Crippen molar-refractivity contribution in [3.63, 3.8) is 0 Å². The molecule has 14 heavy (non-hydrogen) atoms. The Kier molecular flexibility index (Phi) is 3.48. The molecule has 0 spiro atoms. The molecule has 0 saturated heterocycles. The molecule has 0 fully saturated rings. The van der Waals surface area contributed by atoms with Crippen molar-refractivity contribution in [1.82, 2.24) is 0 Å². The summed E-state index contributed by atoms with van der Waals surface area (Å²) in [6.07, 6.45) is 0. The van der Waals surface area contributed by atoms with Gasteiger partial charge in [-0.15, -0.1) is 0 Å². The highest BCUT2D eigenvalue weighted by molar-refractivity contribution is 6.43. The number of hydrogen-bond donors (Lipinski definition) is 1. The van der Waals surface area contributed by atoms with E-state index < -0.39 is 5.97 Å². The van der Waals surface area contributed by atoms with Crippen LogP contribution in [0.4, 0.5) is 0 Å². The fourth-order valence-electron chi connectivity index (χ4n) is 0.942. The number of aliphatic carboxylic acids is 1. The van der Waals surface area contributed by atoms with Crippen molar-refractivity contribution in [3.8, 4) is 0 Å². The lowest BCUT2D eigenvalue weighted by Gasteiger charge is -2.00. The average Bonchev–Trinajstić information content (AvgIpc) is 2.13. The largest absolute Gasteiger partial charge is 0.476 e. The standard InChI is InChI=1S/C9H8ClNO3/c1-14-11-8(9(12)13)6-3-2-4-7(10)5-6/h2-5H,1H3,(H,12,13)/b11-8+. The molecule has 74 valence electrons. The number of carbonyl (C=O) groups is 1. The van der Waals surface area contributed by atoms with Crippen molar-refractivity contribution in [2.75, 3.05) is 7.11 Å². The summed E-state index contributed by atoms with van der Waals surface area (Å²) < 4.78 is 0. The minimum atomic E-state index is -1.16. The van der Waals surface area contributed by atoms with Crippen LogP contribution in [0.15, 0.2) is 29.4 Å². The second-order valence-corrected chi connectivity index (χ2v) is 2.87. The minimum absolute atomic E-state index is 0.171. The van der Waals surface area contributed by atoms with Crippen LogP contribution in [-0.4, -0.2) is 23.9 Å². The van der Waals surface area contributed by atoms with Crippen molar-refractivity contribution in [2.45, 2.75) is 0 Å². The Morgan fingerprint density at radius 1 is 1.57 bits per heavy atom. The molecule has 1 N–H and O–H groups in total. The van der Waals surface area contributed by atoms with Crippen LogP contribution in [0.1, 0.15) is 5.56 Å². The Bertz CT molecular complexity index is 376. The predicted octanol–water partition coefficient (Wildman–Crippen LogP) is 1.78. The third-order valence-electron chi connectivity index (χ3n) is 1.48. The summed E-state index contributed by atoms with van der Waals surface area (Å²) in [6.45, 7) is 0. The maximum atomic E-state index is 10.7. The Labute approximate surface area is 85.7 Å². The number of halogens is 1. The number of carboxylic acid groups (broad SMARTS) is 1. The van der Waals surface area contributed by atoms with E-state index in [9.17, 15) is 4.79 Å². The SMILES string of the molecule is CO/N=C(/C(=O)O)c1cccc(Cl)c1. The van der Waals surface area contributed by atoms with Gasteiger partial charge in [0.05, 0.1) is 0 Å². The summed E-state index contributed by atoms with van der Waals surface area (Å²) >= 11 is 5.71. The van der Waals surface area contributed by atoms with Crippen molar-refractivity contribution < 1.29 is 14.7 Å². The average molecular weight is 214 g/mol. The topological polar surface area (TPSA) is 58.9 Å². The molecule has 0 aliphatic heterocycles. The van der Waals surface area contributed by atoms with E-state index in [-0.39, 0.29) is 5.71 Å². The van der Waals surface area contributed by atoms with Gasteiger partial charge in [0.2, 0.25) is 0 Å². The predicted molar refractivity (Wildman–Crippen MR) is 52.6 cm³/mol. The van der Waals surface area contributed by atoms with E-state index in [2.05, 4.69) is 9.99 Å². The van der Waals surface area contributed by atoms with Crippen LogP contribution in [0.3, 0.4) is 0 Å². The first-order chi connectivity index (χ1) is 6.65. The molecule has 0 aliphatic carbocycles. The Morgan fingerprint density at radius 3 is 2.79 bits per heavy atom. The highest BCUT2D eigenvalue weighted by atomic mass is 35.5. The number of rotatable bonds is 3. The highest BCUT2D eigenvalue weighted by Gasteiger charge is 2.13. The molecule has 1 aromatic carbocycles. The first kappa shape index (κ1) is 10.5. The van der Waals surface area contributed by atoms with Crippen molar-refractivity contribution >= 4 is 23.3 Å². The van der Waals surface area contributed by atoms with Gasteiger partial charge in [-0.3, -0.25) is 0 Å². The van der Waals surface area contributed by atoms with Gasteiger partial charge in [0, 0.05) is 10.6 Å². The molecule has 0 unspecified atom stereocenters. The van der Waals surface area contributed by atoms with E-state index in [4.69, 9.17) is 16.7 Å². The van der Waals surface area contributed by atoms with Gasteiger partial charge in [-0.2, -0.15) is 0 Å². The fraction of sp³-hybridized carbons (Fsp3) is 0.111. The molecule has 0 atom stereocenters. The molecule has 0 saturated carbocycles. The normalized spacial score (nSPS) is 11.1. The van der Waals surface area contributed by atoms with E-state index in [1.165, 1.54) is 13.2 Å². The maximum Gasteiger partial charge on any atom is 0.358 e. The van der Waals surface area contributed by atoms with Crippen molar-refractivity contribution in [3.05, 3.63) is 34.9 Å². The molecule has 1 aromatic rings. The minimum Gasteiger partial charge on any atom is -0.476 e. The quantitative estimate of drug-likeness (QED) is 0.615. The van der Waals surface area contributed by atoms with Gasteiger partial charge >= 0.3 is 5.97 Å². The van der Waals surface area contributed by atoms with Gasteiger partial charge in [0.1, 0.15) is 7.11 Å². The third kappa shape index (κ3) is 2.47. The number of hydrogen-bond acceptors (Lipinski definition) is 3. The van der Waals surface area contributed by atoms with E-state index in [1.54, 1.807) is 18.2 Å². The molecule has 0 radical (unpaired) electrons.